The van der Waals surface area contributed by atoms with Crippen molar-refractivity contribution in [2.75, 3.05) is 31.1 Å². The maximum atomic E-state index is 12.8. The smallest absolute Gasteiger partial charge is 0.266 e. The number of aryl methyl sites for hydroxylation is 1. The van der Waals surface area contributed by atoms with Gasteiger partial charge in [-0.25, -0.2) is 0 Å². The molecule has 1 aromatic carbocycles. The monoisotopic (exact) mass is 424 g/mol. The molecule has 0 spiro atoms. The fourth-order valence-electron chi connectivity index (χ4n) is 3.91. The van der Waals surface area contributed by atoms with Gasteiger partial charge in [0, 0.05) is 48.9 Å². The standard InChI is InChI=1S/C24H32N4OS/c1-7-25-24-27(10-4)23(29)22(30-24)16-19-15-17(5)28(18(19)6)21-13-11-20(12-14-21)26(8-2)9-3/h11-16H,7-10H2,1-6H3/b22-16+,25-24?. The first kappa shape index (κ1) is 22.2. The van der Waals surface area contributed by atoms with Gasteiger partial charge in [0.25, 0.3) is 5.91 Å². The SMILES string of the molecule is CCN=C1S/C(=C/c2cc(C)n(-c3ccc(N(CC)CC)cc3)c2C)C(=O)N1CC. The molecular formula is C24H32N4OS. The molecule has 1 amide bonds. The number of carbonyl (C=O) groups is 1. The molecule has 1 aliphatic rings. The van der Waals surface area contributed by atoms with Crippen LogP contribution in [0, 0.1) is 13.8 Å². The molecular weight excluding hydrogens is 392 g/mol. The number of benzene rings is 1. The summed E-state index contributed by atoms with van der Waals surface area (Å²) in [5, 5.41) is 0.803. The van der Waals surface area contributed by atoms with E-state index >= 15 is 0 Å². The topological polar surface area (TPSA) is 40.8 Å². The number of thioether (sulfide) groups is 1. The molecule has 3 rings (SSSR count). The van der Waals surface area contributed by atoms with E-state index in [-0.39, 0.29) is 5.91 Å². The van der Waals surface area contributed by atoms with Gasteiger partial charge in [-0.1, -0.05) is 0 Å². The molecule has 30 heavy (non-hydrogen) atoms. The van der Waals surface area contributed by atoms with Crippen LogP contribution in [0.25, 0.3) is 11.8 Å². The van der Waals surface area contributed by atoms with Crippen LogP contribution in [0.1, 0.15) is 44.6 Å². The molecule has 0 N–H and O–H groups in total. The lowest BCUT2D eigenvalue weighted by molar-refractivity contribution is -0.122. The summed E-state index contributed by atoms with van der Waals surface area (Å²) >= 11 is 1.47. The first-order valence-corrected chi connectivity index (χ1v) is 11.6. The lowest BCUT2D eigenvalue weighted by Crippen LogP contribution is -2.28. The van der Waals surface area contributed by atoms with E-state index in [9.17, 15) is 4.79 Å². The molecule has 160 valence electrons. The Morgan fingerprint density at radius 2 is 1.73 bits per heavy atom. The maximum absolute atomic E-state index is 12.8. The zero-order valence-electron chi connectivity index (χ0n) is 18.9. The summed E-state index contributed by atoms with van der Waals surface area (Å²) in [4.78, 5) is 22.1. The number of likely N-dealkylation sites (N-methyl/N-ethyl adjacent to an activating group) is 1. The highest BCUT2D eigenvalue weighted by atomic mass is 32.2. The van der Waals surface area contributed by atoms with Gasteiger partial charge < -0.3 is 9.47 Å². The van der Waals surface area contributed by atoms with Crippen molar-refractivity contribution in [2.45, 2.75) is 41.5 Å². The molecule has 2 heterocycles. The predicted molar refractivity (Wildman–Crippen MR) is 130 cm³/mol. The molecule has 1 aliphatic heterocycles. The van der Waals surface area contributed by atoms with Gasteiger partial charge in [0.1, 0.15) is 0 Å². The van der Waals surface area contributed by atoms with Crippen molar-refractivity contribution in [2.24, 2.45) is 4.99 Å². The fraction of sp³-hybridized carbons (Fsp3) is 0.417. The van der Waals surface area contributed by atoms with Gasteiger partial charge in [-0.15, -0.1) is 0 Å². The van der Waals surface area contributed by atoms with Crippen LogP contribution in [0.15, 0.2) is 40.2 Å². The number of amidine groups is 1. The van der Waals surface area contributed by atoms with Crippen molar-refractivity contribution in [1.29, 1.82) is 0 Å². The van der Waals surface area contributed by atoms with E-state index in [1.807, 2.05) is 19.9 Å². The molecule has 0 aliphatic carbocycles. The Kier molecular flexibility index (Phi) is 7.08. The van der Waals surface area contributed by atoms with E-state index in [1.54, 1.807) is 4.90 Å². The number of amides is 1. The second-order valence-electron chi connectivity index (χ2n) is 7.27. The quantitative estimate of drug-likeness (QED) is 0.570. The van der Waals surface area contributed by atoms with Gasteiger partial charge in [0.2, 0.25) is 0 Å². The van der Waals surface area contributed by atoms with Crippen LogP contribution in [0.3, 0.4) is 0 Å². The number of nitrogens with zero attached hydrogens (tertiary/aromatic N) is 4. The van der Waals surface area contributed by atoms with E-state index in [2.05, 4.69) is 72.5 Å². The number of carbonyl (C=O) groups excluding carboxylic acids is 1. The number of aromatic nitrogens is 1. The number of hydrogen-bond acceptors (Lipinski definition) is 4. The first-order chi connectivity index (χ1) is 14.4. The van der Waals surface area contributed by atoms with Crippen molar-refractivity contribution >= 4 is 34.6 Å². The second kappa shape index (κ2) is 9.56. The second-order valence-corrected chi connectivity index (χ2v) is 8.28. The summed E-state index contributed by atoms with van der Waals surface area (Å²) < 4.78 is 2.25. The van der Waals surface area contributed by atoms with Crippen LogP contribution < -0.4 is 4.90 Å². The van der Waals surface area contributed by atoms with Gasteiger partial charge in [-0.3, -0.25) is 14.7 Å². The van der Waals surface area contributed by atoms with Crippen molar-refractivity contribution in [1.82, 2.24) is 9.47 Å². The van der Waals surface area contributed by atoms with Crippen LogP contribution in [-0.2, 0) is 4.79 Å². The number of anilines is 1. The molecule has 1 fully saturated rings. The Hall–Kier alpha value is -2.47. The van der Waals surface area contributed by atoms with E-state index in [1.165, 1.54) is 17.4 Å². The molecule has 1 saturated heterocycles. The van der Waals surface area contributed by atoms with Gasteiger partial charge in [-0.05, 0) is 95.3 Å². The van der Waals surface area contributed by atoms with E-state index in [0.29, 0.717) is 13.1 Å². The Morgan fingerprint density at radius 1 is 1.07 bits per heavy atom. The summed E-state index contributed by atoms with van der Waals surface area (Å²) in [6, 6.07) is 10.9. The Labute approximate surface area is 184 Å². The van der Waals surface area contributed by atoms with Crippen LogP contribution in [-0.4, -0.2) is 46.7 Å². The zero-order valence-corrected chi connectivity index (χ0v) is 19.7. The van der Waals surface area contributed by atoms with Crippen molar-refractivity contribution in [3.63, 3.8) is 0 Å². The number of hydrogen-bond donors (Lipinski definition) is 0. The highest BCUT2D eigenvalue weighted by Gasteiger charge is 2.32. The molecule has 0 bridgehead atoms. The normalized spacial score (nSPS) is 16.9. The molecule has 0 atom stereocenters. The molecule has 0 saturated carbocycles. The highest BCUT2D eigenvalue weighted by Crippen LogP contribution is 2.34. The predicted octanol–water partition coefficient (Wildman–Crippen LogP) is 5.25. The Morgan fingerprint density at radius 3 is 2.30 bits per heavy atom. The summed E-state index contributed by atoms with van der Waals surface area (Å²) in [7, 11) is 0. The van der Waals surface area contributed by atoms with Gasteiger partial charge in [0.15, 0.2) is 5.17 Å². The number of aliphatic imine (C=N–C) groups is 1. The van der Waals surface area contributed by atoms with Gasteiger partial charge in [-0.2, -0.15) is 0 Å². The third-order valence-corrected chi connectivity index (χ3v) is 6.54. The van der Waals surface area contributed by atoms with Gasteiger partial charge >= 0.3 is 0 Å². The minimum Gasteiger partial charge on any atom is -0.372 e. The van der Waals surface area contributed by atoms with E-state index in [4.69, 9.17) is 0 Å². The zero-order chi connectivity index (χ0) is 21.8. The average Bonchev–Trinajstić information content (AvgIpc) is 3.19. The Balaban J connectivity index is 1.94. The fourth-order valence-corrected chi connectivity index (χ4v) is 5.01. The Bertz CT molecular complexity index is 968. The first-order valence-electron chi connectivity index (χ1n) is 10.7. The summed E-state index contributed by atoms with van der Waals surface area (Å²) in [5.41, 5.74) is 5.74. The molecule has 5 nitrogen and oxygen atoms in total. The average molecular weight is 425 g/mol. The minimum absolute atomic E-state index is 0.0445. The third-order valence-electron chi connectivity index (χ3n) is 5.49. The molecule has 0 unspecified atom stereocenters. The molecule has 1 aromatic heterocycles. The molecule has 0 radical (unpaired) electrons. The summed E-state index contributed by atoms with van der Waals surface area (Å²) in [5.74, 6) is 0.0445. The van der Waals surface area contributed by atoms with Crippen LogP contribution in [0.5, 0.6) is 0 Å². The van der Waals surface area contributed by atoms with Gasteiger partial charge in [0.05, 0.1) is 4.91 Å². The maximum Gasteiger partial charge on any atom is 0.266 e. The van der Waals surface area contributed by atoms with Crippen molar-refractivity contribution < 1.29 is 4.79 Å². The van der Waals surface area contributed by atoms with Crippen LogP contribution in [0.2, 0.25) is 0 Å². The lowest BCUT2D eigenvalue weighted by Gasteiger charge is -2.21. The molecule has 2 aromatic rings. The van der Waals surface area contributed by atoms with Crippen molar-refractivity contribution in [3.05, 3.63) is 52.2 Å². The minimum atomic E-state index is 0.0445. The summed E-state index contributed by atoms with van der Waals surface area (Å²) in [6.45, 7) is 15.9. The van der Waals surface area contributed by atoms with Crippen LogP contribution >= 0.6 is 11.8 Å². The largest absolute Gasteiger partial charge is 0.372 e. The van der Waals surface area contributed by atoms with Crippen LogP contribution in [0.4, 0.5) is 5.69 Å². The molecule has 6 heteroatoms. The summed E-state index contributed by atoms with van der Waals surface area (Å²) in [6.07, 6.45) is 2.01. The van der Waals surface area contributed by atoms with Crippen molar-refractivity contribution in [3.8, 4) is 5.69 Å². The lowest BCUT2D eigenvalue weighted by atomic mass is 10.2. The van der Waals surface area contributed by atoms with E-state index < -0.39 is 0 Å². The van der Waals surface area contributed by atoms with E-state index in [0.717, 1.165) is 45.8 Å². The number of rotatable bonds is 7. The highest BCUT2D eigenvalue weighted by molar-refractivity contribution is 8.18. The third kappa shape index (κ3) is 4.19.